The molecule has 0 saturated heterocycles. The first-order chi connectivity index (χ1) is 11.5. The number of aromatic nitrogens is 1. The zero-order chi connectivity index (χ0) is 17.3. The number of hydrogen-bond acceptors (Lipinski definition) is 6. The Morgan fingerprint density at radius 3 is 2.92 bits per heavy atom. The fourth-order valence-corrected chi connectivity index (χ4v) is 4.04. The van der Waals surface area contributed by atoms with E-state index in [0.29, 0.717) is 5.56 Å². The van der Waals surface area contributed by atoms with Crippen LogP contribution in [-0.4, -0.2) is 35.0 Å². The maximum atomic E-state index is 12.2. The Bertz CT molecular complexity index is 761. The average Bonchev–Trinajstić information content (AvgIpc) is 3.10. The molecule has 8 heteroatoms. The average molecular weight is 348 g/mol. The molecule has 0 radical (unpaired) electrons. The van der Waals surface area contributed by atoms with E-state index in [-0.39, 0.29) is 12.5 Å². The van der Waals surface area contributed by atoms with E-state index in [4.69, 9.17) is 10.3 Å². The van der Waals surface area contributed by atoms with Crippen LogP contribution in [0.15, 0.2) is 9.90 Å². The zero-order valence-corrected chi connectivity index (χ0v) is 14.5. The number of nitrogens with two attached hydrogens (primary N) is 1. The maximum absolute atomic E-state index is 12.2. The van der Waals surface area contributed by atoms with E-state index >= 15 is 0 Å². The van der Waals surface area contributed by atoms with Crippen LogP contribution in [0.2, 0.25) is 0 Å². The minimum atomic E-state index is -0.543. The molecule has 0 bridgehead atoms. The number of carbonyl (C=O) groups is 2. The highest BCUT2D eigenvalue weighted by Gasteiger charge is 2.25. The lowest BCUT2D eigenvalue weighted by Crippen LogP contribution is -2.34. The summed E-state index contributed by atoms with van der Waals surface area (Å²) in [6, 6.07) is 0. The number of hydrogen-bond donors (Lipinski definition) is 2. The second kappa shape index (κ2) is 6.74. The number of nitrogens with one attached hydrogen (secondary N) is 1. The first-order valence-corrected chi connectivity index (χ1v) is 8.63. The van der Waals surface area contributed by atoms with Gasteiger partial charge in [0.25, 0.3) is 5.91 Å². The lowest BCUT2D eigenvalue weighted by atomic mass is 10.0. The van der Waals surface area contributed by atoms with E-state index < -0.39 is 5.91 Å². The summed E-state index contributed by atoms with van der Waals surface area (Å²) in [5, 5.41) is 8.42. The van der Waals surface area contributed by atoms with Gasteiger partial charge in [-0.15, -0.1) is 11.3 Å². The molecule has 0 spiro atoms. The van der Waals surface area contributed by atoms with Gasteiger partial charge in [0, 0.05) is 35.5 Å². The quantitative estimate of drug-likeness (QED) is 0.843. The second-order valence-electron chi connectivity index (χ2n) is 5.96. The van der Waals surface area contributed by atoms with E-state index in [1.807, 2.05) is 19.2 Å². The van der Waals surface area contributed by atoms with Crippen molar-refractivity contribution in [1.82, 2.24) is 15.4 Å². The van der Waals surface area contributed by atoms with Gasteiger partial charge in [-0.2, -0.15) is 0 Å². The van der Waals surface area contributed by atoms with E-state index in [9.17, 15) is 9.59 Å². The largest absolute Gasteiger partial charge is 0.368 e. The summed E-state index contributed by atoms with van der Waals surface area (Å²) < 4.78 is 5.22. The Hall–Kier alpha value is -2.19. The number of carbonyl (C=O) groups excluding carboxylic acids is 2. The first kappa shape index (κ1) is 16.7. The molecule has 0 aliphatic carbocycles. The number of amides is 2. The number of aryl methyl sites for hydroxylation is 2. The summed E-state index contributed by atoms with van der Waals surface area (Å²) in [7, 11) is 0. The number of primary amides is 1. The summed E-state index contributed by atoms with van der Waals surface area (Å²) >= 11 is 1.58. The highest BCUT2D eigenvalue weighted by Crippen LogP contribution is 2.30. The minimum Gasteiger partial charge on any atom is -0.368 e. The molecule has 1 aliphatic heterocycles. The molecule has 3 heterocycles. The summed E-state index contributed by atoms with van der Waals surface area (Å²) in [6.07, 6.45) is 0.807. The van der Waals surface area contributed by atoms with Gasteiger partial charge in [-0.25, -0.2) is 0 Å². The van der Waals surface area contributed by atoms with Gasteiger partial charge < -0.3 is 15.6 Å². The Balaban J connectivity index is 1.69. The third-order valence-corrected chi connectivity index (χ3v) is 5.27. The van der Waals surface area contributed by atoms with Gasteiger partial charge in [-0.05, 0) is 25.8 Å². The number of nitrogens with zero attached hydrogens (tertiary/aromatic N) is 2. The second-order valence-corrected chi connectivity index (χ2v) is 6.93. The molecule has 2 aromatic rings. The van der Waals surface area contributed by atoms with E-state index in [1.165, 1.54) is 4.88 Å². The minimum absolute atomic E-state index is 0.137. The topological polar surface area (TPSA) is 101 Å². The number of thiophene rings is 1. The van der Waals surface area contributed by atoms with E-state index in [2.05, 4.69) is 15.4 Å². The monoisotopic (exact) mass is 348 g/mol. The third kappa shape index (κ3) is 3.34. The molecule has 0 fully saturated rings. The van der Waals surface area contributed by atoms with Crippen LogP contribution in [0.25, 0.3) is 0 Å². The van der Waals surface area contributed by atoms with Crippen LogP contribution in [0, 0.1) is 13.8 Å². The maximum Gasteiger partial charge on any atom is 0.252 e. The lowest BCUT2D eigenvalue weighted by molar-refractivity contribution is -0.117. The van der Waals surface area contributed by atoms with Crippen molar-refractivity contribution in [2.75, 3.05) is 13.1 Å². The van der Waals surface area contributed by atoms with Gasteiger partial charge >= 0.3 is 0 Å². The van der Waals surface area contributed by atoms with Gasteiger partial charge in [-0.3, -0.25) is 14.5 Å². The molecular formula is C16H20N4O3S. The van der Waals surface area contributed by atoms with Crippen molar-refractivity contribution in [3.63, 3.8) is 0 Å². The molecule has 2 amide bonds. The summed E-state index contributed by atoms with van der Waals surface area (Å²) in [4.78, 5) is 26.5. The lowest BCUT2D eigenvalue weighted by Gasteiger charge is -2.27. The molecule has 2 aromatic heterocycles. The van der Waals surface area contributed by atoms with Crippen molar-refractivity contribution in [2.24, 2.45) is 5.73 Å². The molecule has 24 heavy (non-hydrogen) atoms. The molecule has 3 rings (SSSR count). The molecule has 0 saturated carbocycles. The predicted molar refractivity (Wildman–Crippen MR) is 89.6 cm³/mol. The van der Waals surface area contributed by atoms with Crippen molar-refractivity contribution < 1.29 is 14.1 Å². The Labute approximate surface area is 143 Å². The summed E-state index contributed by atoms with van der Waals surface area (Å²) in [5.74, 6) is 0.0829. The van der Waals surface area contributed by atoms with Crippen molar-refractivity contribution in [1.29, 1.82) is 0 Å². The van der Waals surface area contributed by atoms with E-state index in [0.717, 1.165) is 48.6 Å². The van der Waals surface area contributed by atoms with Crippen LogP contribution in [0.5, 0.6) is 0 Å². The Morgan fingerprint density at radius 1 is 1.46 bits per heavy atom. The standard InChI is InChI=1S/C16H20N4O3S/c1-9-12(10(2)23-19-9)6-20-4-3-11-13(8-24-14(11)7-20)16(22)18-5-15(17)21/h8H,3-7H2,1-2H3,(H2,17,21)(H,18,22). The molecule has 7 nitrogen and oxygen atoms in total. The third-order valence-electron chi connectivity index (χ3n) is 4.26. The normalized spacial score (nSPS) is 14.4. The SMILES string of the molecule is Cc1noc(C)c1CN1CCc2c(C(=O)NCC(N)=O)csc2C1. The van der Waals surface area contributed by atoms with E-state index in [1.54, 1.807) is 11.3 Å². The van der Waals surface area contributed by atoms with Gasteiger partial charge in [-0.1, -0.05) is 5.16 Å². The first-order valence-electron chi connectivity index (χ1n) is 7.75. The van der Waals surface area contributed by atoms with Gasteiger partial charge in [0.05, 0.1) is 17.8 Å². The van der Waals surface area contributed by atoms with Gasteiger partial charge in [0.1, 0.15) is 5.76 Å². The van der Waals surface area contributed by atoms with Gasteiger partial charge in [0.15, 0.2) is 0 Å². The number of rotatable bonds is 5. The highest BCUT2D eigenvalue weighted by atomic mass is 32.1. The molecule has 128 valence electrons. The van der Waals surface area contributed by atoms with Crippen LogP contribution in [-0.2, 0) is 24.3 Å². The molecule has 0 aromatic carbocycles. The molecule has 0 atom stereocenters. The van der Waals surface area contributed by atoms with Crippen LogP contribution in [0.3, 0.4) is 0 Å². The Kier molecular flexibility index (Phi) is 4.68. The zero-order valence-electron chi connectivity index (χ0n) is 13.7. The Morgan fingerprint density at radius 2 is 2.25 bits per heavy atom. The van der Waals surface area contributed by atoms with Crippen molar-refractivity contribution in [3.05, 3.63) is 38.4 Å². The summed E-state index contributed by atoms with van der Waals surface area (Å²) in [6.45, 7) is 6.20. The van der Waals surface area contributed by atoms with Crippen LogP contribution >= 0.6 is 11.3 Å². The fourth-order valence-electron chi connectivity index (χ4n) is 2.92. The molecule has 3 N–H and O–H groups in total. The molecule has 0 unspecified atom stereocenters. The molecular weight excluding hydrogens is 328 g/mol. The van der Waals surface area contributed by atoms with Crippen LogP contribution in [0.1, 0.15) is 37.8 Å². The summed E-state index contributed by atoms with van der Waals surface area (Å²) in [5.41, 5.74) is 8.87. The van der Waals surface area contributed by atoms with Crippen molar-refractivity contribution in [2.45, 2.75) is 33.4 Å². The molecule has 1 aliphatic rings. The van der Waals surface area contributed by atoms with Crippen LogP contribution in [0.4, 0.5) is 0 Å². The van der Waals surface area contributed by atoms with Crippen LogP contribution < -0.4 is 11.1 Å². The fraction of sp³-hybridized carbons (Fsp3) is 0.438. The van der Waals surface area contributed by atoms with Gasteiger partial charge in [0.2, 0.25) is 5.91 Å². The highest BCUT2D eigenvalue weighted by molar-refractivity contribution is 7.10. The van der Waals surface area contributed by atoms with Crippen molar-refractivity contribution >= 4 is 23.2 Å². The number of fused-ring (bicyclic) bond motifs is 1. The van der Waals surface area contributed by atoms with Crippen molar-refractivity contribution in [3.8, 4) is 0 Å². The smallest absolute Gasteiger partial charge is 0.252 e. The predicted octanol–water partition coefficient (Wildman–Crippen LogP) is 1.13.